The van der Waals surface area contributed by atoms with E-state index in [1.807, 2.05) is 121 Å². The molecule has 0 atom stereocenters. The number of rotatable bonds is 10. The van der Waals surface area contributed by atoms with Crippen LogP contribution < -0.4 is 0 Å². The zero-order valence-corrected chi connectivity index (χ0v) is 31.3. The van der Waals surface area contributed by atoms with Gasteiger partial charge in [-0.3, -0.25) is 19.2 Å². The third kappa shape index (κ3) is 6.53. The van der Waals surface area contributed by atoms with E-state index in [2.05, 4.69) is 60.7 Å². The van der Waals surface area contributed by atoms with E-state index in [-0.39, 0.29) is 0 Å². The highest BCUT2D eigenvalue weighted by atomic mass is 16.1. The number of carbonyl (C=O) groups is 4. The second kappa shape index (κ2) is 15.4. The van der Waals surface area contributed by atoms with Crippen molar-refractivity contribution in [3.63, 3.8) is 0 Å². The van der Waals surface area contributed by atoms with Crippen LogP contribution in [0.5, 0.6) is 0 Å². The van der Waals surface area contributed by atoms with E-state index in [9.17, 15) is 19.2 Å². The highest BCUT2D eigenvalue weighted by Crippen LogP contribution is 2.46. The minimum absolute atomic E-state index is 0.573. The molecular formula is C54H34O4. The van der Waals surface area contributed by atoms with Gasteiger partial charge in [0.05, 0.1) is 0 Å². The Hall–Kier alpha value is -7.82. The Bertz CT molecular complexity index is 2800. The zero-order chi connectivity index (χ0) is 39.6. The minimum Gasteiger partial charge on any atom is -0.298 e. The topological polar surface area (TPSA) is 68.3 Å². The highest BCUT2D eigenvalue weighted by molar-refractivity contribution is 6.23. The molecule has 9 rings (SSSR count). The summed E-state index contributed by atoms with van der Waals surface area (Å²) in [6, 6.07) is 59.9. The van der Waals surface area contributed by atoms with Gasteiger partial charge in [-0.1, -0.05) is 158 Å². The summed E-state index contributed by atoms with van der Waals surface area (Å²) in [5, 5.41) is 3.85. The zero-order valence-electron chi connectivity index (χ0n) is 31.3. The summed E-state index contributed by atoms with van der Waals surface area (Å²) in [7, 11) is 0. The molecule has 0 bridgehead atoms. The Morgan fingerprint density at radius 2 is 0.569 bits per heavy atom. The summed E-state index contributed by atoms with van der Waals surface area (Å²) in [5.74, 6) is 0. The van der Waals surface area contributed by atoms with Crippen LogP contribution in [-0.4, -0.2) is 25.1 Å². The molecule has 0 saturated heterocycles. The first-order valence-corrected chi connectivity index (χ1v) is 19.0. The van der Waals surface area contributed by atoms with Crippen molar-refractivity contribution in [2.75, 3.05) is 0 Å². The van der Waals surface area contributed by atoms with Gasteiger partial charge in [-0.05, 0) is 113 Å². The van der Waals surface area contributed by atoms with Crippen LogP contribution >= 0.6 is 0 Å². The lowest BCUT2D eigenvalue weighted by Crippen LogP contribution is -1.96. The number of hydrogen-bond acceptors (Lipinski definition) is 4. The van der Waals surface area contributed by atoms with Crippen molar-refractivity contribution in [1.82, 2.24) is 0 Å². The molecule has 274 valence electrons. The second-order valence-corrected chi connectivity index (χ2v) is 14.3. The van der Waals surface area contributed by atoms with Gasteiger partial charge >= 0.3 is 0 Å². The predicted molar refractivity (Wildman–Crippen MR) is 236 cm³/mol. The van der Waals surface area contributed by atoms with Crippen LogP contribution in [0.3, 0.4) is 0 Å². The number of carbonyl (C=O) groups excluding carboxylic acids is 4. The molecule has 58 heavy (non-hydrogen) atoms. The fourth-order valence-electron chi connectivity index (χ4n) is 8.08. The number of aldehydes is 4. The molecule has 0 N–H and O–H groups in total. The molecule has 0 fully saturated rings. The normalized spacial score (nSPS) is 11.0. The second-order valence-electron chi connectivity index (χ2n) is 14.3. The lowest BCUT2D eigenvalue weighted by molar-refractivity contribution is 0.111. The summed E-state index contributed by atoms with van der Waals surface area (Å²) >= 11 is 0. The first-order valence-electron chi connectivity index (χ1n) is 19.0. The Kier molecular flexibility index (Phi) is 9.50. The lowest BCUT2D eigenvalue weighted by atomic mass is 9.82. The molecule has 0 spiro atoms. The first-order chi connectivity index (χ1) is 28.6. The smallest absolute Gasteiger partial charge is 0.150 e. The average Bonchev–Trinajstić information content (AvgIpc) is 3.30. The van der Waals surface area contributed by atoms with Gasteiger partial charge in [0.2, 0.25) is 0 Å². The van der Waals surface area contributed by atoms with E-state index >= 15 is 0 Å². The number of hydrogen-bond donors (Lipinski definition) is 0. The van der Waals surface area contributed by atoms with E-state index in [1.165, 1.54) is 0 Å². The summed E-state index contributed by atoms with van der Waals surface area (Å²) in [4.78, 5) is 48.2. The van der Waals surface area contributed by atoms with E-state index in [0.717, 1.165) is 113 Å². The number of fused-ring (bicyclic) bond motifs is 2. The molecule has 4 heteroatoms. The predicted octanol–water partition coefficient (Wildman–Crippen LogP) is 13.2. The van der Waals surface area contributed by atoms with Crippen molar-refractivity contribution in [1.29, 1.82) is 0 Å². The maximum Gasteiger partial charge on any atom is 0.150 e. The van der Waals surface area contributed by atoms with E-state index in [0.29, 0.717) is 22.3 Å². The van der Waals surface area contributed by atoms with Gasteiger partial charge < -0.3 is 0 Å². The van der Waals surface area contributed by atoms with Crippen LogP contribution in [0.25, 0.3) is 88.3 Å². The van der Waals surface area contributed by atoms with Crippen molar-refractivity contribution in [3.8, 4) is 66.8 Å². The summed E-state index contributed by atoms with van der Waals surface area (Å²) in [6.07, 6.45) is 3.52. The summed E-state index contributed by atoms with van der Waals surface area (Å²) in [5.41, 5.74) is 13.9. The maximum absolute atomic E-state index is 12.8. The molecule has 9 aromatic carbocycles. The monoisotopic (exact) mass is 746 g/mol. The van der Waals surface area contributed by atoms with Crippen LogP contribution in [0.15, 0.2) is 182 Å². The maximum atomic E-state index is 12.8. The Morgan fingerprint density at radius 3 is 0.897 bits per heavy atom. The SMILES string of the molecule is O=Cc1ccc(-c2cccc(-c3ccc(C=O)c(-c4c5ccccc5c(-c5cc(-c6cccc(-c7ccc(C=O)cc7)c6)ccc5C=O)c5ccccc45)c3)c2)cc1. The molecule has 0 radical (unpaired) electrons. The van der Waals surface area contributed by atoms with Gasteiger partial charge in [-0.2, -0.15) is 0 Å². The molecule has 0 aromatic heterocycles. The van der Waals surface area contributed by atoms with Crippen molar-refractivity contribution in [2.45, 2.75) is 0 Å². The molecule has 0 heterocycles. The van der Waals surface area contributed by atoms with Crippen LogP contribution in [-0.2, 0) is 0 Å². The fourth-order valence-corrected chi connectivity index (χ4v) is 8.08. The Morgan fingerprint density at radius 1 is 0.259 bits per heavy atom. The van der Waals surface area contributed by atoms with E-state index in [4.69, 9.17) is 0 Å². The van der Waals surface area contributed by atoms with Crippen molar-refractivity contribution < 1.29 is 19.2 Å². The largest absolute Gasteiger partial charge is 0.298 e. The van der Waals surface area contributed by atoms with E-state index < -0.39 is 0 Å². The van der Waals surface area contributed by atoms with Crippen molar-refractivity contribution in [2.24, 2.45) is 0 Å². The molecule has 0 amide bonds. The Labute approximate surface area is 335 Å². The average molecular weight is 747 g/mol. The van der Waals surface area contributed by atoms with Gasteiger partial charge in [0.1, 0.15) is 12.6 Å². The van der Waals surface area contributed by atoms with Crippen LogP contribution in [0.1, 0.15) is 41.4 Å². The van der Waals surface area contributed by atoms with Crippen molar-refractivity contribution >= 4 is 46.7 Å². The van der Waals surface area contributed by atoms with Crippen LogP contribution in [0, 0.1) is 0 Å². The van der Waals surface area contributed by atoms with Crippen LogP contribution in [0.4, 0.5) is 0 Å². The third-order valence-corrected chi connectivity index (χ3v) is 11.0. The van der Waals surface area contributed by atoms with Crippen LogP contribution in [0.2, 0.25) is 0 Å². The third-order valence-electron chi connectivity index (χ3n) is 11.0. The fraction of sp³-hybridized carbons (Fsp3) is 0. The molecule has 0 aliphatic carbocycles. The quantitative estimate of drug-likeness (QED) is 0.103. The molecule has 4 nitrogen and oxygen atoms in total. The molecule has 0 aliphatic heterocycles. The summed E-state index contributed by atoms with van der Waals surface area (Å²) in [6.45, 7) is 0. The number of benzene rings is 9. The lowest BCUT2D eigenvalue weighted by Gasteiger charge is -2.20. The highest BCUT2D eigenvalue weighted by Gasteiger charge is 2.21. The van der Waals surface area contributed by atoms with Gasteiger partial charge in [-0.25, -0.2) is 0 Å². The minimum atomic E-state index is 0.573. The van der Waals surface area contributed by atoms with Gasteiger partial charge in [0.25, 0.3) is 0 Å². The van der Waals surface area contributed by atoms with E-state index in [1.54, 1.807) is 0 Å². The molecule has 0 aliphatic rings. The molecule has 9 aromatic rings. The molecular weight excluding hydrogens is 713 g/mol. The van der Waals surface area contributed by atoms with Crippen molar-refractivity contribution in [3.05, 3.63) is 204 Å². The standard InChI is InChI=1S/C54H34O4/c55-31-35-15-19-37(20-16-35)39-7-5-9-41(27-39)43-23-25-45(33-57)51(29-43)53-47-11-1-2-12-48(47)54(50-14-4-3-13-49(50)53)52-30-44(24-26-46(52)34-58)42-10-6-8-40(28-42)38-21-17-36(32-56)18-22-38/h1-34H. The molecule has 0 unspecified atom stereocenters. The Balaban J connectivity index is 1.22. The summed E-state index contributed by atoms with van der Waals surface area (Å²) < 4.78 is 0. The van der Waals surface area contributed by atoms with Gasteiger partial charge in [0.15, 0.2) is 12.6 Å². The van der Waals surface area contributed by atoms with Gasteiger partial charge in [0, 0.05) is 22.3 Å². The van der Waals surface area contributed by atoms with Gasteiger partial charge in [-0.15, -0.1) is 0 Å². The molecule has 0 saturated carbocycles. The first kappa shape index (κ1) is 35.9.